The number of nitrogens with two attached hydrogens (primary N) is 1. The minimum absolute atomic E-state index is 0.0946. The molecule has 0 radical (unpaired) electrons. The zero-order chi connectivity index (χ0) is 15.2. The number of halogens is 1. The fourth-order valence-electron chi connectivity index (χ4n) is 2.90. The van der Waals surface area contributed by atoms with Crippen LogP contribution in [-0.4, -0.2) is 19.6 Å². The number of esters is 1. The van der Waals surface area contributed by atoms with Crippen LogP contribution in [0.1, 0.15) is 48.9 Å². The number of rotatable bonds is 5. The van der Waals surface area contributed by atoms with E-state index in [1.165, 1.54) is 45.3 Å². The van der Waals surface area contributed by atoms with Gasteiger partial charge in [-0.1, -0.05) is 32.1 Å². The van der Waals surface area contributed by atoms with E-state index in [4.69, 9.17) is 5.73 Å². The number of carbonyl (C=O) groups is 1. The van der Waals surface area contributed by atoms with Gasteiger partial charge in [0.2, 0.25) is 0 Å². The zero-order valence-corrected chi connectivity index (χ0v) is 12.5. The maximum absolute atomic E-state index is 13.9. The average Bonchev–Trinajstić information content (AvgIpc) is 2.49. The first kappa shape index (κ1) is 15.6. The van der Waals surface area contributed by atoms with Gasteiger partial charge in [-0.05, 0) is 24.5 Å². The van der Waals surface area contributed by atoms with Crippen molar-refractivity contribution in [3.05, 3.63) is 23.5 Å². The molecule has 1 aromatic rings. The molecular formula is C16H23FN2O2. The molecule has 116 valence electrons. The number of nitrogens with one attached hydrogen (secondary N) is 1. The van der Waals surface area contributed by atoms with Gasteiger partial charge in [0.05, 0.1) is 18.4 Å². The molecule has 3 N–H and O–H groups in total. The number of methoxy groups -OCH3 is 1. The van der Waals surface area contributed by atoms with E-state index in [2.05, 4.69) is 10.1 Å². The van der Waals surface area contributed by atoms with Crippen molar-refractivity contribution < 1.29 is 13.9 Å². The highest BCUT2D eigenvalue weighted by atomic mass is 19.1. The lowest BCUT2D eigenvalue weighted by Gasteiger charge is -2.21. The zero-order valence-electron chi connectivity index (χ0n) is 12.5. The number of carbonyl (C=O) groups excluding carboxylic acids is 1. The lowest BCUT2D eigenvalue weighted by Crippen LogP contribution is -2.14. The molecule has 1 aliphatic carbocycles. The van der Waals surface area contributed by atoms with E-state index < -0.39 is 11.8 Å². The number of anilines is 2. The molecule has 1 aromatic carbocycles. The van der Waals surface area contributed by atoms with Gasteiger partial charge in [-0.15, -0.1) is 0 Å². The summed E-state index contributed by atoms with van der Waals surface area (Å²) in [5.41, 5.74) is 6.24. The first-order valence-electron chi connectivity index (χ1n) is 7.53. The summed E-state index contributed by atoms with van der Waals surface area (Å²) >= 11 is 0. The van der Waals surface area contributed by atoms with Gasteiger partial charge < -0.3 is 15.8 Å². The van der Waals surface area contributed by atoms with Crippen molar-refractivity contribution in [2.75, 3.05) is 24.7 Å². The largest absolute Gasteiger partial charge is 0.465 e. The Balaban J connectivity index is 1.97. The second kappa shape index (κ2) is 7.29. The van der Waals surface area contributed by atoms with E-state index >= 15 is 0 Å². The Bertz CT molecular complexity index is 499. The van der Waals surface area contributed by atoms with Gasteiger partial charge in [0.1, 0.15) is 5.82 Å². The van der Waals surface area contributed by atoms with Crippen LogP contribution in [0.4, 0.5) is 15.8 Å². The summed E-state index contributed by atoms with van der Waals surface area (Å²) in [5, 5.41) is 3.07. The Labute approximate surface area is 124 Å². The maximum atomic E-state index is 13.9. The monoisotopic (exact) mass is 294 g/mol. The lowest BCUT2D eigenvalue weighted by atomic mass is 9.87. The van der Waals surface area contributed by atoms with Crippen molar-refractivity contribution in [3.8, 4) is 0 Å². The standard InChI is InChI=1S/C16H23FN2O2/c1-21-16(20)12-9-15(13(17)10-14(12)18)19-8-7-11-5-3-2-4-6-11/h9-11,19H,2-8,18H2,1H3. The van der Waals surface area contributed by atoms with Gasteiger partial charge >= 0.3 is 5.97 Å². The number of hydrogen-bond acceptors (Lipinski definition) is 4. The van der Waals surface area contributed by atoms with E-state index in [1.54, 1.807) is 0 Å². The fraction of sp³-hybridized carbons (Fsp3) is 0.562. The van der Waals surface area contributed by atoms with Crippen LogP contribution >= 0.6 is 0 Å². The minimum Gasteiger partial charge on any atom is -0.465 e. The second-order valence-corrected chi connectivity index (χ2v) is 5.63. The molecule has 4 nitrogen and oxygen atoms in total. The maximum Gasteiger partial charge on any atom is 0.340 e. The Morgan fingerprint density at radius 2 is 2.10 bits per heavy atom. The normalized spacial score (nSPS) is 15.7. The Morgan fingerprint density at radius 1 is 1.38 bits per heavy atom. The molecule has 1 saturated carbocycles. The van der Waals surface area contributed by atoms with Gasteiger partial charge in [-0.3, -0.25) is 0 Å². The highest BCUT2D eigenvalue weighted by Crippen LogP contribution is 2.27. The molecule has 2 rings (SSSR count). The highest BCUT2D eigenvalue weighted by Gasteiger charge is 2.16. The van der Waals surface area contributed by atoms with Crippen LogP contribution in [0.5, 0.6) is 0 Å². The Morgan fingerprint density at radius 3 is 2.76 bits per heavy atom. The molecule has 0 spiro atoms. The summed E-state index contributed by atoms with van der Waals surface area (Å²) in [6.07, 6.45) is 7.48. The van der Waals surface area contributed by atoms with Gasteiger partial charge in [0.15, 0.2) is 0 Å². The number of benzene rings is 1. The van der Waals surface area contributed by atoms with Crippen molar-refractivity contribution in [2.24, 2.45) is 5.92 Å². The number of hydrogen-bond donors (Lipinski definition) is 2. The quantitative estimate of drug-likeness (QED) is 0.643. The Kier molecular flexibility index (Phi) is 5.42. The van der Waals surface area contributed by atoms with E-state index in [0.29, 0.717) is 12.2 Å². The molecule has 5 heteroatoms. The van der Waals surface area contributed by atoms with Crippen LogP contribution in [0.25, 0.3) is 0 Å². The summed E-state index contributed by atoms with van der Waals surface area (Å²) in [6.45, 7) is 0.701. The summed E-state index contributed by atoms with van der Waals surface area (Å²) in [6, 6.07) is 2.59. The molecule has 21 heavy (non-hydrogen) atoms. The second-order valence-electron chi connectivity index (χ2n) is 5.63. The van der Waals surface area contributed by atoms with Crippen molar-refractivity contribution >= 4 is 17.3 Å². The molecule has 0 heterocycles. The number of nitrogen functional groups attached to an aromatic ring is 1. The van der Waals surface area contributed by atoms with Crippen molar-refractivity contribution in [1.82, 2.24) is 0 Å². The van der Waals surface area contributed by atoms with Crippen LogP contribution in [0.2, 0.25) is 0 Å². The van der Waals surface area contributed by atoms with Gasteiger partial charge in [0, 0.05) is 12.2 Å². The summed E-state index contributed by atoms with van der Waals surface area (Å²) in [4.78, 5) is 11.6. The number of ether oxygens (including phenoxy) is 1. The van der Waals surface area contributed by atoms with Gasteiger partial charge in [-0.2, -0.15) is 0 Å². The average molecular weight is 294 g/mol. The minimum atomic E-state index is -0.553. The lowest BCUT2D eigenvalue weighted by molar-refractivity contribution is 0.0602. The van der Waals surface area contributed by atoms with Gasteiger partial charge in [0.25, 0.3) is 0 Å². The fourth-order valence-corrected chi connectivity index (χ4v) is 2.90. The first-order chi connectivity index (χ1) is 10.1. The third kappa shape index (κ3) is 4.09. The van der Waals surface area contributed by atoms with Crippen LogP contribution in [0.3, 0.4) is 0 Å². The topological polar surface area (TPSA) is 64.3 Å². The molecule has 0 bridgehead atoms. The summed E-state index contributed by atoms with van der Waals surface area (Å²) < 4.78 is 18.5. The molecule has 0 unspecified atom stereocenters. The molecule has 1 aliphatic rings. The van der Waals surface area contributed by atoms with Crippen LogP contribution < -0.4 is 11.1 Å². The van der Waals surface area contributed by atoms with E-state index in [0.717, 1.165) is 18.4 Å². The van der Waals surface area contributed by atoms with Crippen LogP contribution in [-0.2, 0) is 4.74 Å². The van der Waals surface area contributed by atoms with Gasteiger partial charge in [-0.25, -0.2) is 9.18 Å². The molecule has 0 amide bonds. The van der Waals surface area contributed by atoms with E-state index in [-0.39, 0.29) is 11.3 Å². The highest BCUT2D eigenvalue weighted by molar-refractivity contribution is 5.96. The van der Waals surface area contributed by atoms with Crippen LogP contribution in [0, 0.1) is 11.7 Å². The summed E-state index contributed by atoms with van der Waals surface area (Å²) in [5.74, 6) is -0.269. The third-order valence-electron chi connectivity index (χ3n) is 4.14. The predicted molar refractivity (Wildman–Crippen MR) is 81.8 cm³/mol. The van der Waals surface area contributed by atoms with Crippen molar-refractivity contribution in [1.29, 1.82) is 0 Å². The summed E-state index contributed by atoms with van der Waals surface area (Å²) in [7, 11) is 1.28. The Hall–Kier alpha value is -1.78. The SMILES string of the molecule is COC(=O)c1cc(NCCC2CCCCC2)c(F)cc1N. The molecule has 0 atom stereocenters. The third-order valence-corrected chi connectivity index (χ3v) is 4.14. The van der Waals surface area contributed by atoms with Crippen LogP contribution in [0.15, 0.2) is 12.1 Å². The smallest absolute Gasteiger partial charge is 0.340 e. The molecule has 0 aromatic heterocycles. The molecule has 1 fully saturated rings. The first-order valence-corrected chi connectivity index (χ1v) is 7.53. The molecule has 0 saturated heterocycles. The predicted octanol–water partition coefficient (Wildman–Crippen LogP) is 3.58. The molecular weight excluding hydrogens is 271 g/mol. The van der Waals surface area contributed by atoms with E-state index in [9.17, 15) is 9.18 Å². The van der Waals surface area contributed by atoms with Crippen molar-refractivity contribution in [2.45, 2.75) is 38.5 Å². The van der Waals surface area contributed by atoms with E-state index in [1.807, 2.05) is 0 Å². The molecule has 0 aliphatic heterocycles. The van der Waals surface area contributed by atoms with Crippen molar-refractivity contribution in [3.63, 3.8) is 0 Å².